The summed E-state index contributed by atoms with van der Waals surface area (Å²) in [5, 5.41) is 12.1. The number of hydrogen-bond acceptors (Lipinski definition) is 2. The molecule has 0 saturated carbocycles. The monoisotopic (exact) mass is 839 g/mol. The van der Waals surface area contributed by atoms with Crippen molar-refractivity contribution in [2.24, 2.45) is 0 Å². The summed E-state index contributed by atoms with van der Waals surface area (Å²) in [4.78, 5) is 2.36. The summed E-state index contributed by atoms with van der Waals surface area (Å²) in [5.41, 5.74) is 14.5. The number of nitrogens with zero attached hydrogens (tertiary/aromatic N) is 1. The molecule has 0 fully saturated rings. The minimum atomic E-state index is 0.896. The first kappa shape index (κ1) is 37.8. The fraction of sp³-hybridized carbons (Fsp3) is 0. The molecule has 2 heteroatoms. The lowest BCUT2D eigenvalue weighted by Gasteiger charge is -2.26. The maximum absolute atomic E-state index is 6.56. The highest BCUT2D eigenvalue weighted by molar-refractivity contribution is 6.19. The van der Waals surface area contributed by atoms with Crippen molar-refractivity contribution in [3.8, 4) is 44.5 Å². The second-order valence-corrected chi connectivity index (χ2v) is 17.3. The molecule has 0 atom stereocenters. The van der Waals surface area contributed by atoms with Crippen LogP contribution in [0.15, 0.2) is 253 Å². The summed E-state index contributed by atoms with van der Waals surface area (Å²) >= 11 is 0. The van der Waals surface area contributed by atoms with E-state index >= 15 is 0 Å². The number of benzene rings is 12. The maximum Gasteiger partial charge on any atom is 0.143 e. The molecule has 0 unspecified atom stereocenters. The van der Waals surface area contributed by atoms with Crippen LogP contribution in [-0.2, 0) is 0 Å². The van der Waals surface area contributed by atoms with Crippen LogP contribution in [0.2, 0.25) is 0 Å². The summed E-state index contributed by atoms with van der Waals surface area (Å²) < 4.78 is 6.56. The lowest BCUT2D eigenvalue weighted by atomic mass is 9.96. The van der Waals surface area contributed by atoms with E-state index in [1.807, 2.05) is 0 Å². The van der Waals surface area contributed by atoms with E-state index in [2.05, 4.69) is 254 Å². The van der Waals surface area contributed by atoms with Crippen LogP contribution in [0.1, 0.15) is 0 Å². The average molecular weight is 840 g/mol. The van der Waals surface area contributed by atoms with Crippen molar-refractivity contribution in [3.05, 3.63) is 249 Å². The molecule has 13 rings (SSSR count). The highest BCUT2D eigenvalue weighted by Gasteiger charge is 2.18. The summed E-state index contributed by atoms with van der Waals surface area (Å²) in [6.07, 6.45) is 0. The van der Waals surface area contributed by atoms with E-state index in [0.717, 1.165) is 55.5 Å². The van der Waals surface area contributed by atoms with Gasteiger partial charge in [-0.15, -0.1) is 0 Å². The van der Waals surface area contributed by atoms with Gasteiger partial charge < -0.3 is 9.32 Å². The van der Waals surface area contributed by atoms with Crippen LogP contribution in [0, 0.1) is 0 Å². The van der Waals surface area contributed by atoms with Gasteiger partial charge in [-0.2, -0.15) is 0 Å². The quantitative estimate of drug-likeness (QED) is 0.149. The lowest BCUT2D eigenvalue weighted by molar-refractivity contribution is 0.673. The SMILES string of the molecule is c1cc(-c2ccc(N(c3ccc(-c4ccc5c(ccc6ccccc65)c4)cc3)c3ccc(-c4cccc5oc6c7ccccc7ccc6c45)cc3)cc2)cc(-c2ccc3ccccc3c2)c1. The summed E-state index contributed by atoms with van der Waals surface area (Å²) in [6.45, 7) is 0. The Kier molecular flexibility index (Phi) is 8.89. The van der Waals surface area contributed by atoms with Crippen molar-refractivity contribution in [3.63, 3.8) is 0 Å². The largest absolute Gasteiger partial charge is 0.455 e. The second kappa shape index (κ2) is 15.5. The topological polar surface area (TPSA) is 16.4 Å². The smallest absolute Gasteiger partial charge is 0.143 e. The Morgan fingerprint density at radius 2 is 0.712 bits per heavy atom. The Balaban J connectivity index is 0.876. The van der Waals surface area contributed by atoms with Gasteiger partial charge in [0, 0.05) is 33.2 Å². The number of rotatable bonds is 7. The first-order valence-electron chi connectivity index (χ1n) is 22.6. The Labute approximate surface area is 382 Å². The molecule has 0 aliphatic heterocycles. The van der Waals surface area contributed by atoms with Gasteiger partial charge in [0.15, 0.2) is 0 Å². The van der Waals surface area contributed by atoms with Crippen molar-refractivity contribution in [2.75, 3.05) is 4.90 Å². The molecule has 0 amide bonds. The Bertz CT molecular complexity index is 3970. The number of furan rings is 1. The van der Waals surface area contributed by atoms with Gasteiger partial charge in [0.05, 0.1) is 0 Å². The molecule has 308 valence electrons. The molecule has 0 aliphatic carbocycles. The van der Waals surface area contributed by atoms with Crippen LogP contribution in [0.4, 0.5) is 17.1 Å². The van der Waals surface area contributed by atoms with E-state index in [9.17, 15) is 0 Å². The van der Waals surface area contributed by atoms with Crippen molar-refractivity contribution in [1.82, 2.24) is 0 Å². The molecule has 0 bridgehead atoms. The molecule has 1 heterocycles. The molecule has 0 saturated heterocycles. The van der Waals surface area contributed by atoms with E-state index in [1.54, 1.807) is 0 Å². The predicted molar refractivity (Wildman–Crippen MR) is 280 cm³/mol. The zero-order valence-electron chi connectivity index (χ0n) is 36.0. The maximum atomic E-state index is 6.56. The molecule has 1 aromatic heterocycles. The van der Waals surface area contributed by atoms with Gasteiger partial charge in [-0.05, 0) is 149 Å². The molecule has 0 spiro atoms. The third kappa shape index (κ3) is 6.50. The van der Waals surface area contributed by atoms with Crippen molar-refractivity contribution in [1.29, 1.82) is 0 Å². The van der Waals surface area contributed by atoms with Crippen LogP contribution in [0.3, 0.4) is 0 Å². The Morgan fingerprint density at radius 1 is 0.258 bits per heavy atom. The van der Waals surface area contributed by atoms with Gasteiger partial charge in [-0.1, -0.05) is 182 Å². The first-order valence-corrected chi connectivity index (χ1v) is 22.6. The number of anilines is 3. The van der Waals surface area contributed by atoms with E-state index in [0.29, 0.717) is 0 Å². The summed E-state index contributed by atoms with van der Waals surface area (Å²) in [7, 11) is 0. The second-order valence-electron chi connectivity index (χ2n) is 17.3. The van der Waals surface area contributed by atoms with E-state index < -0.39 is 0 Å². The molecule has 0 radical (unpaired) electrons. The molecule has 12 aromatic carbocycles. The van der Waals surface area contributed by atoms with Gasteiger partial charge in [-0.25, -0.2) is 0 Å². The number of hydrogen-bond donors (Lipinski definition) is 0. The van der Waals surface area contributed by atoms with E-state index in [4.69, 9.17) is 4.42 Å². The standard InChI is InChI=1S/C64H41NO/c1-2-12-48-40-52(21-19-42(48)9-1)50-14-7-13-49(39-50)43-23-31-54(32-24-43)65(55-33-25-44(26-34-55)51-30-37-58-53(41-51)22-20-45-10-3-5-15-57(45)58)56-35-27-47(28-36-56)59-17-8-18-62-63(59)61-38-29-46-11-4-6-16-60(46)64(61)66-62/h1-41H. The minimum absolute atomic E-state index is 0.896. The average Bonchev–Trinajstić information content (AvgIpc) is 3.79. The lowest BCUT2D eigenvalue weighted by Crippen LogP contribution is -2.09. The fourth-order valence-electron chi connectivity index (χ4n) is 10.1. The summed E-state index contributed by atoms with van der Waals surface area (Å²) in [5.74, 6) is 0. The molecule has 0 N–H and O–H groups in total. The van der Waals surface area contributed by atoms with Crippen molar-refractivity contribution < 1.29 is 4.42 Å². The van der Waals surface area contributed by atoms with Crippen molar-refractivity contribution in [2.45, 2.75) is 0 Å². The van der Waals surface area contributed by atoms with Crippen LogP contribution in [0.25, 0.3) is 110 Å². The van der Waals surface area contributed by atoms with Crippen LogP contribution >= 0.6 is 0 Å². The first-order chi connectivity index (χ1) is 32.7. The van der Waals surface area contributed by atoms with Crippen LogP contribution < -0.4 is 4.90 Å². The Morgan fingerprint density at radius 3 is 1.44 bits per heavy atom. The third-order valence-corrected chi connectivity index (χ3v) is 13.4. The predicted octanol–water partition coefficient (Wildman–Crippen LogP) is 18.3. The van der Waals surface area contributed by atoms with Gasteiger partial charge in [-0.3, -0.25) is 0 Å². The minimum Gasteiger partial charge on any atom is -0.455 e. The van der Waals surface area contributed by atoms with Gasteiger partial charge in [0.25, 0.3) is 0 Å². The van der Waals surface area contributed by atoms with Crippen LogP contribution in [0.5, 0.6) is 0 Å². The van der Waals surface area contributed by atoms with Crippen molar-refractivity contribution >= 4 is 82.1 Å². The van der Waals surface area contributed by atoms with Gasteiger partial charge in [0.2, 0.25) is 0 Å². The van der Waals surface area contributed by atoms with E-state index in [-0.39, 0.29) is 0 Å². The molecule has 2 nitrogen and oxygen atoms in total. The molecular formula is C64H41NO. The van der Waals surface area contributed by atoms with Gasteiger partial charge in [0.1, 0.15) is 11.2 Å². The molecule has 66 heavy (non-hydrogen) atoms. The third-order valence-electron chi connectivity index (χ3n) is 13.4. The Hall–Kier alpha value is -8.72. The van der Waals surface area contributed by atoms with E-state index in [1.165, 1.54) is 71.1 Å². The zero-order chi connectivity index (χ0) is 43.6. The fourth-order valence-corrected chi connectivity index (χ4v) is 10.1. The highest BCUT2D eigenvalue weighted by atomic mass is 16.3. The zero-order valence-corrected chi connectivity index (χ0v) is 36.0. The van der Waals surface area contributed by atoms with Gasteiger partial charge >= 0.3 is 0 Å². The van der Waals surface area contributed by atoms with Crippen LogP contribution in [-0.4, -0.2) is 0 Å². The molecule has 13 aromatic rings. The molecule has 0 aliphatic rings. The highest BCUT2D eigenvalue weighted by Crippen LogP contribution is 2.42. The summed E-state index contributed by atoms with van der Waals surface area (Å²) in [6, 6.07) is 90.3. The number of fused-ring (bicyclic) bond motifs is 9. The normalized spacial score (nSPS) is 11.6. The molecular weight excluding hydrogens is 799 g/mol.